The van der Waals surface area contributed by atoms with Gasteiger partial charge in [0.1, 0.15) is 84.6 Å². The van der Waals surface area contributed by atoms with Crippen LogP contribution in [-0.2, 0) is 118 Å². The van der Waals surface area contributed by atoms with Crippen molar-refractivity contribution in [2.45, 2.75) is 265 Å². The third kappa shape index (κ3) is 37.6. The van der Waals surface area contributed by atoms with Gasteiger partial charge in [-0.25, -0.2) is 9.78 Å². The van der Waals surface area contributed by atoms with Crippen molar-refractivity contribution in [2.75, 3.05) is 32.7 Å². The number of nitrogens with one attached hydrogen (secondary N) is 13. The number of carboxylic acids is 5. The van der Waals surface area contributed by atoms with E-state index in [9.17, 15) is 121 Å². The maximum atomic E-state index is 15.0. The Labute approximate surface area is 739 Å². The van der Waals surface area contributed by atoms with Crippen molar-refractivity contribution < 1.29 is 131 Å². The molecule has 32 N–H and O–H groups in total. The number of aromatic nitrogens is 2. The first kappa shape index (κ1) is 108. The second kappa shape index (κ2) is 55.3. The van der Waals surface area contributed by atoms with E-state index in [4.69, 9.17) is 45.2 Å². The lowest BCUT2D eigenvalue weighted by atomic mass is 9.96. The third-order valence-corrected chi connectivity index (χ3v) is 21.1. The van der Waals surface area contributed by atoms with Gasteiger partial charge in [-0.05, 0) is 127 Å². The summed E-state index contributed by atoms with van der Waals surface area (Å²) in [6.45, 7) is 3.31. The van der Waals surface area contributed by atoms with Crippen molar-refractivity contribution >= 4 is 130 Å². The summed E-state index contributed by atoms with van der Waals surface area (Å²) in [4.78, 5) is 306. The minimum Gasteiger partial charge on any atom is -0.481 e. The first-order valence-electron chi connectivity index (χ1n) is 42.1. The Hall–Kier alpha value is -13.4. The number of unbranched alkanes of at least 4 members (excludes halogenated alkanes) is 3. The number of H-pyrrole nitrogens is 1. The number of likely N-dealkylation sites (tertiary alicyclic amines) is 2. The lowest BCUT2D eigenvalue weighted by Gasteiger charge is -2.33. The van der Waals surface area contributed by atoms with Crippen molar-refractivity contribution in [3.8, 4) is 0 Å². The number of aliphatic carboxylic acids is 5. The van der Waals surface area contributed by atoms with E-state index in [1.165, 1.54) is 12.5 Å². The maximum absolute atomic E-state index is 15.0. The van der Waals surface area contributed by atoms with Gasteiger partial charge < -0.3 is 144 Å². The molecule has 2 fully saturated rings. The average Bonchev–Trinajstić information content (AvgIpc) is 1.72. The molecule has 2 saturated heterocycles. The van der Waals surface area contributed by atoms with Gasteiger partial charge in [-0.1, -0.05) is 50.6 Å². The summed E-state index contributed by atoms with van der Waals surface area (Å²) in [5, 5.41) is 76.8. The Morgan fingerprint density at radius 2 is 0.767 bits per heavy atom. The summed E-state index contributed by atoms with van der Waals surface area (Å²) in [6, 6.07) is -17.7. The van der Waals surface area contributed by atoms with Gasteiger partial charge in [0.05, 0.1) is 50.2 Å². The number of carbonyl (C=O) groups excluding carboxylic acids is 17. The van der Waals surface area contributed by atoms with Crippen LogP contribution >= 0.6 is 0 Å². The Kier molecular flexibility index (Phi) is 46.2. The molecule has 129 heavy (non-hydrogen) atoms. The van der Waals surface area contributed by atoms with Crippen LogP contribution in [0.25, 0.3) is 0 Å². The molecule has 17 amide bonds. The number of carboxylic acid groups (broad SMARTS) is 5. The molecule has 50 nitrogen and oxygen atoms in total. The van der Waals surface area contributed by atoms with E-state index in [-0.39, 0.29) is 128 Å². The topological polar surface area (TPSA) is 838 Å². The van der Waals surface area contributed by atoms with E-state index < -0.39 is 285 Å². The van der Waals surface area contributed by atoms with Crippen LogP contribution in [0, 0.1) is 5.92 Å². The SMILES string of the molecule is CC[C@H](C)[C@H](NC(=O)[C@H](CC(=O)O)NC(=O)[C@H](Cc1ccccc1)NC(=O)[C@H](CC(N)=O)NC(=O)[C@@H](N)CCC(=O)O)C(=O)N1CCC[C@H]1C(=O)N[C@@H](CCCCN)C(=O)N[C@@H](CCCCN)C(=O)N1CCC[C@H]1C(=O)N[C@@H](CCC(=O)O)C(=O)N[C@@H](CC(N)=O)C(=O)N[C@@H](CCCCN)C(=O)N[C@@H](Cc1c[nH]cn1)C(=O)N[C@@H](CC(=O)O)C(=O)N[C@@H](CC(N)=O)C(=O)O. The lowest BCUT2D eigenvalue weighted by molar-refractivity contribution is -0.145. The summed E-state index contributed by atoms with van der Waals surface area (Å²) in [7, 11) is 0. The minimum absolute atomic E-state index is 0.00194. The van der Waals surface area contributed by atoms with E-state index >= 15 is 4.79 Å². The van der Waals surface area contributed by atoms with Crippen LogP contribution in [-0.4, -0.2) is 299 Å². The van der Waals surface area contributed by atoms with Gasteiger partial charge in [0.25, 0.3) is 0 Å². The molecule has 0 unspecified atom stereocenters. The fourth-order valence-electron chi connectivity index (χ4n) is 14.0. The van der Waals surface area contributed by atoms with Crippen LogP contribution in [0.15, 0.2) is 42.9 Å². The van der Waals surface area contributed by atoms with Crippen molar-refractivity contribution in [3.05, 3.63) is 54.1 Å². The molecule has 0 saturated carbocycles. The highest BCUT2D eigenvalue weighted by atomic mass is 16.4. The number of carbonyl (C=O) groups is 22. The number of amides is 17. The summed E-state index contributed by atoms with van der Waals surface area (Å²) in [6.07, 6.45) is -4.59. The summed E-state index contributed by atoms with van der Waals surface area (Å²) >= 11 is 0. The summed E-state index contributed by atoms with van der Waals surface area (Å²) < 4.78 is 0. The van der Waals surface area contributed by atoms with Crippen molar-refractivity contribution in [3.63, 3.8) is 0 Å². The lowest BCUT2D eigenvalue weighted by Crippen LogP contribution is -2.61. The third-order valence-electron chi connectivity index (χ3n) is 21.1. The number of hydrogen-bond acceptors (Lipinski definition) is 27. The Bertz CT molecular complexity index is 4260. The van der Waals surface area contributed by atoms with E-state index in [1.54, 1.807) is 44.2 Å². The monoisotopic (exact) mass is 1820 g/mol. The molecule has 16 atom stereocenters. The number of primary amides is 3. The summed E-state index contributed by atoms with van der Waals surface area (Å²) in [5.74, 6) is -27.6. The Morgan fingerprint density at radius 1 is 0.411 bits per heavy atom. The maximum Gasteiger partial charge on any atom is 0.326 e. The van der Waals surface area contributed by atoms with E-state index in [2.05, 4.69) is 68.5 Å². The molecule has 1 aromatic carbocycles. The van der Waals surface area contributed by atoms with E-state index in [1.807, 2.05) is 5.32 Å². The van der Waals surface area contributed by atoms with Crippen LogP contribution in [0.5, 0.6) is 0 Å². The zero-order valence-corrected chi connectivity index (χ0v) is 71.6. The average molecular weight is 1820 g/mol. The van der Waals surface area contributed by atoms with Gasteiger partial charge in [0, 0.05) is 45.0 Å². The predicted molar refractivity (Wildman–Crippen MR) is 449 cm³/mol. The molecule has 50 heteroatoms. The van der Waals surface area contributed by atoms with Gasteiger partial charge in [-0.3, -0.25) is 101 Å². The highest BCUT2D eigenvalue weighted by Crippen LogP contribution is 2.25. The van der Waals surface area contributed by atoms with Crippen molar-refractivity contribution in [2.24, 2.45) is 46.1 Å². The van der Waals surface area contributed by atoms with Crippen LogP contribution in [0.1, 0.15) is 173 Å². The van der Waals surface area contributed by atoms with Crippen LogP contribution in [0.3, 0.4) is 0 Å². The number of nitrogens with zero attached hydrogens (tertiary/aromatic N) is 3. The fraction of sp³-hybridized carbons (Fsp3) is 0.608. The predicted octanol–water partition coefficient (Wildman–Crippen LogP) is -8.86. The summed E-state index contributed by atoms with van der Waals surface area (Å²) in [5.41, 5.74) is 39.9. The Morgan fingerprint density at radius 3 is 1.19 bits per heavy atom. The number of hydrogen-bond donors (Lipinski definition) is 25. The quantitative estimate of drug-likeness (QED) is 0.0274. The second-order valence-corrected chi connectivity index (χ2v) is 31.2. The highest BCUT2D eigenvalue weighted by molar-refractivity contribution is 6.03. The molecule has 0 bridgehead atoms. The van der Waals surface area contributed by atoms with Gasteiger partial charge >= 0.3 is 29.8 Å². The second-order valence-electron chi connectivity index (χ2n) is 31.2. The molecule has 2 aliphatic heterocycles. The number of aromatic amines is 1. The zero-order valence-electron chi connectivity index (χ0n) is 71.6. The largest absolute Gasteiger partial charge is 0.481 e. The first-order valence-corrected chi connectivity index (χ1v) is 42.1. The molecule has 2 aromatic rings. The molecule has 1 aromatic heterocycles. The van der Waals surface area contributed by atoms with Gasteiger partial charge in [-0.15, -0.1) is 0 Å². The standard InChI is InChI=1S/C79H121N23O27/c1-3-40(2)64(100-74(123)53(37-63(112)113)98-69(118)48(31-41-15-5-4-6-16-41)94-72(121)50(33-57(84)103)93-65(114)43(83)22-24-60(106)107)78(127)102-30-14-21-56(102)76(125)90-45(18-8-11-27-81)66(115)92-47(19-9-12-28-82)77(126)101-29-13-20-55(101)75(124)91-46(23-25-61(108)109)68(117)96-51(34-58(85)104)71(120)89-44(17-7-10-26-80)67(116)95-49(32-42-38-87-39-88-42)70(119)97-52(36-62(110)111)73(122)99-54(79(128)129)35-59(86)105/h4-6,15-16,38-40,43-56,64H,3,7-14,17-37,80-83H2,1-2H3,(H2,84,103)(H2,85,104)(H2,86,105)(H,87,88)(H,89,120)(H,90,125)(H,91,124)(H,92,115)(H,93,114)(H,94,121)(H,95,116)(H,96,117)(H,97,119)(H,98,118)(H,99,122)(H,100,123)(H,106,107)(H,108,109)(H,110,111)(H,112,113)(H,128,129)/t40-,43-,44-,45-,46-,47-,48-,49-,50-,51-,52-,53-,54-,55-,56-,64-/m0/s1. The van der Waals surface area contributed by atoms with Crippen LogP contribution in [0.2, 0.25) is 0 Å². The van der Waals surface area contributed by atoms with E-state index in [0.29, 0.717) is 18.4 Å². The van der Waals surface area contributed by atoms with Crippen LogP contribution in [0.4, 0.5) is 0 Å². The smallest absolute Gasteiger partial charge is 0.326 e. The molecule has 0 radical (unpaired) electrons. The number of imidazole rings is 1. The van der Waals surface area contributed by atoms with Gasteiger partial charge in [0.2, 0.25) is 100 Å². The van der Waals surface area contributed by atoms with Crippen molar-refractivity contribution in [1.29, 1.82) is 0 Å². The fourth-order valence-corrected chi connectivity index (χ4v) is 14.0. The van der Waals surface area contributed by atoms with E-state index in [0.717, 1.165) is 9.80 Å². The number of benzene rings is 1. The molecule has 714 valence electrons. The number of rotatable bonds is 61. The zero-order chi connectivity index (χ0) is 96.3. The minimum atomic E-state index is -2.06. The molecule has 0 aliphatic carbocycles. The normalized spacial score (nSPS) is 16.7. The van der Waals surface area contributed by atoms with Gasteiger partial charge in [0.15, 0.2) is 0 Å². The van der Waals surface area contributed by atoms with Gasteiger partial charge in [-0.2, -0.15) is 0 Å². The highest BCUT2D eigenvalue weighted by Gasteiger charge is 2.45. The Balaban J connectivity index is 1.60. The number of nitrogens with two attached hydrogens (primary N) is 7. The molecule has 2 aliphatic rings. The molecule has 4 rings (SSSR count). The van der Waals surface area contributed by atoms with Crippen molar-refractivity contribution in [1.82, 2.24) is 83.6 Å². The molecule has 0 spiro atoms. The molecular formula is C79H121N23O27. The molecular weight excluding hydrogens is 1700 g/mol. The van der Waals surface area contributed by atoms with Crippen LogP contribution < -0.4 is 104 Å². The molecule has 3 heterocycles. The first-order chi connectivity index (χ1) is 61.0.